The van der Waals surface area contributed by atoms with Gasteiger partial charge < -0.3 is 19.7 Å². The average molecular weight is 419 g/mol. The molecule has 5 nitrogen and oxygen atoms in total. The number of likely N-dealkylation sites (N-methyl/N-ethyl adjacent to an activating group) is 1. The molecule has 1 saturated heterocycles. The van der Waals surface area contributed by atoms with Crippen LogP contribution < -0.4 is 14.8 Å². The molecule has 0 bridgehead atoms. The van der Waals surface area contributed by atoms with Crippen LogP contribution in [-0.2, 0) is 11.4 Å². The first-order valence-electron chi connectivity index (χ1n) is 10.0. The van der Waals surface area contributed by atoms with Crippen LogP contribution in [0.15, 0.2) is 54.6 Å². The highest BCUT2D eigenvalue weighted by molar-refractivity contribution is 5.85. The van der Waals surface area contributed by atoms with Crippen molar-refractivity contribution in [3.05, 3.63) is 60.2 Å². The minimum atomic E-state index is 0. The van der Waals surface area contributed by atoms with Crippen LogP contribution in [0, 0.1) is 5.92 Å². The van der Waals surface area contributed by atoms with Crippen molar-refractivity contribution in [1.29, 1.82) is 0 Å². The number of hydrogen-bond donors (Lipinski definition) is 1. The van der Waals surface area contributed by atoms with Gasteiger partial charge in [-0.25, -0.2) is 0 Å². The van der Waals surface area contributed by atoms with Gasteiger partial charge in [0, 0.05) is 13.5 Å². The maximum Gasteiger partial charge on any atom is 0.222 e. The van der Waals surface area contributed by atoms with Gasteiger partial charge in [0.25, 0.3) is 0 Å². The van der Waals surface area contributed by atoms with E-state index in [0.717, 1.165) is 36.6 Å². The second-order valence-corrected chi connectivity index (χ2v) is 7.31. The summed E-state index contributed by atoms with van der Waals surface area (Å²) in [7, 11) is 1.85. The van der Waals surface area contributed by atoms with E-state index >= 15 is 0 Å². The summed E-state index contributed by atoms with van der Waals surface area (Å²) in [4.78, 5) is 14.0. The van der Waals surface area contributed by atoms with Crippen molar-refractivity contribution in [2.75, 3.05) is 33.3 Å². The van der Waals surface area contributed by atoms with Gasteiger partial charge in [0.2, 0.25) is 5.91 Å². The van der Waals surface area contributed by atoms with Gasteiger partial charge in [-0.15, -0.1) is 12.4 Å². The van der Waals surface area contributed by atoms with Gasteiger partial charge in [-0.05, 0) is 61.7 Å². The van der Waals surface area contributed by atoms with Crippen LogP contribution in [-0.4, -0.2) is 44.1 Å². The Morgan fingerprint density at radius 1 is 1.07 bits per heavy atom. The number of nitrogens with one attached hydrogen (secondary N) is 1. The van der Waals surface area contributed by atoms with Crippen LogP contribution >= 0.6 is 12.4 Å². The Balaban J connectivity index is 0.00000300. The van der Waals surface area contributed by atoms with Crippen LogP contribution in [0.3, 0.4) is 0 Å². The third kappa shape index (κ3) is 7.95. The highest BCUT2D eigenvalue weighted by atomic mass is 35.5. The molecule has 0 saturated carbocycles. The van der Waals surface area contributed by atoms with E-state index < -0.39 is 0 Å². The lowest BCUT2D eigenvalue weighted by Crippen LogP contribution is -2.31. The van der Waals surface area contributed by atoms with E-state index in [1.807, 2.05) is 61.6 Å². The van der Waals surface area contributed by atoms with Crippen molar-refractivity contribution in [3.63, 3.8) is 0 Å². The van der Waals surface area contributed by atoms with Gasteiger partial charge >= 0.3 is 0 Å². The predicted octanol–water partition coefficient (Wildman–Crippen LogP) is 3.91. The zero-order chi connectivity index (χ0) is 19.6. The van der Waals surface area contributed by atoms with Crippen molar-refractivity contribution < 1.29 is 14.3 Å². The molecule has 6 heteroatoms. The lowest BCUT2D eigenvalue weighted by molar-refractivity contribution is -0.130. The summed E-state index contributed by atoms with van der Waals surface area (Å²) in [5.41, 5.74) is 1.14. The minimum Gasteiger partial charge on any atom is -0.492 e. The fourth-order valence-corrected chi connectivity index (χ4v) is 3.28. The molecule has 0 aromatic heterocycles. The Morgan fingerprint density at radius 2 is 1.76 bits per heavy atom. The Bertz CT molecular complexity index is 719. The molecule has 1 aliphatic rings. The van der Waals surface area contributed by atoms with Crippen molar-refractivity contribution in [3.8, 4) is 11.5 Å². The van der Waals surface area contributed by atoms with Gasteiger partial charge in [-0.3, -0.25) is 4.79 Å². The number of benzene rings is 2. The van der Waals surface area contributed by atoms with Crippen molar-refractivity contribution in [1.82, 2.24) is 10.2 Å². The molecule has 1 aliphatic heterocycles. The third-order valence-electron chi connectivity index (χ3n) is 5.12. The summed E-state index contributed by atoms with van der Waals surface area (Å²) in [6.45, 7) is 3.75. The van der Waals surface area contributed by atoms with Gasteiger partial charge in [-0.1, -0.05) is 30.3 Å². The summed E-state index contributed by atoms with van der Waals surface area (Å²) >= 11 is 0. The Morgan fingerprint density at radius 3 is 2.41 bits per heavy atom. The molecule has 2 aromatic carbocycles. The highest BCUT2D eigenvalue weighted by Gasteiger charge is 2.17. The monoisotopic (exact) mass is 418 g/mol. The molecule has 3 rings (SSSR count). The molecule has 1 N–H and O–H groups in total. The topological polar surface area (TPSA) is 50.8 Å². The molecule has 1 unspecified atom stereocenters. The van der Waals surface area contributed by atoms with E-state index in [1.54, 1.807) is 4.90 Å². The number of hydrogen-bond acceptors (Lipinski definition) is 4. The molecule has 1 atom stereocenters. The normalized spacial score (nSPS) is 15.4. The zero-order valence-electron chi connectivity index (χ0n) is 17.0. The standard InChI is InChI=1S/C23H30N2O3.ClH/c1-25(23(26)12-7-19-13-14-24-17-19)15-16-27-21-8-10-22(11-9-21)28-18-20-5-3-2-4-6-20;/h2-6,8-11,19,24H,7,12-18H2,1H3;1H. The maximum absolute atomic E-state index is 12.2. The molecule has 158 valence electrons. The molecule has 1 amide bonds. The average Bonchev–Trinajstić information content (AvgIpc) is 3.26. The lowest BCUT2D eigenvalue weighted by atomic mass is 10.0. The van der Waals surface area contributed by atoms with Gasteiger partial charge in [0.15, 0.2) is 0 Å². The third-order valence-corrected chi connectivity index (χ3v) is 5.12. The predicted molar refractivity (Wildman–Crippen MR) is 118 cm³/mol. The SMILES string of the molecule is CN(CCOc1ccc(OCc2ccccc2)cc1)C(=O)CCC1CCNC1.Cl. The number of carbonyl (C=O) groups excluding carboxylic acids is 1. The van der Waals surface area contributed by atoms with Gasteiger partial charge in [0.1, 0.15) is 24.7 Å². The van der Waals surface area contributed by atoms with Crippen molar-refractivity contribution in [2.24, 2.45) is 5.92 Å². The lowest BCUT2D eigenvalue weighted by Gasteiger charge is -2.18. The largest absolute Gasteiger partial charge is 0.492 e. The number of rotatable bonds is 10. The first-order valence-corrected chi connectivity index (χ1v) is 10.0. The molecular weight excluding hydrogens is 388 g/mol. The summed E-state index contributed by atoms with van der Waals surface area (Å²) in [5.74, 6) is 2.44. The Kier molecular flexibility index (Phi) is 9.81. The highest BCUT2D eigenvalue weighted by Crippen LogP contribution is 2.19. The molecular formula is C23H31ClN2O3. The molecule has 29 heavy (non-hydrogen) atoms. The number of carbonyl (C=O) groups is 1. The van der Waals surface area contributed by atoms with E-state index in [2.05, 4.69) is 5.32 Å². The van der Waals surface area contributed by atoms with E-state index in [9.17, 15) is 4.79 Å². The fraction of sp³-hybridized carbons (Fsp3) is 0.435. The number of halogens is 1. The number of ether oxygens (including phenoxy) is 2. The second-order valence-electron chi connectivity index (χ2n) is 7.31. The van der Waals surface area contributed by atoms with Crippen LogP contribution in [0.2, 0.25) is 0 Å². The molecule has 1 fully saturated rings. The minimum absolute atomic E-state index is 0. The second kappa shape index (κ2) is 12.3. The Labute approximate surface area is 179 Å². The summed E-state index contributed by atoms with van der Waals surface area (Å²) in [5, 5.41) is 3.34. The number of amides is 1. The first kappa shape index (κ1) is 23.0. The van der Waals surface area contributed by atoms with Crippen molar-refractivity contribution >= 4 is 18.3 Å². The van der Waals surface area contributed by atoms with Gasteiger partial charge in [-0.2, -0.15) is 0 Å². The number of nitrogens with zero attached hydrogens (tertiary/aromatic N) is 1. The quantitative estimate of drug-likeness (QED) is 0.635. The van der Waals surface area contributed by atoms with Crippen LogP contribution in [0.4, 0.5) is 0 Å². The maximum atomic E-state index is 12.2. The van der Waals surface area contributed by atoms with Crippen LogP contribution in [0.5, 0.6) is 11.5 Å². The Hall–Kier alpha value is -2.24. The molecule has 1 heterocycles. The van der Waals surface area contributed by atoms with E-state index in [-0.39, 0.29) is 18.3 Å². The molecule has 0 radical (unpaired) electrons. The van der Waals surface area contributed by atoms with E-state index in [4.69, 9.17) is 9.47 Å². The van der Waals surface area contributed by atoms with Crippen LogP contribution in [0.1, 0.15) is 24.8 Å². The van der Waals surface area contributed by atoms with E-state index in [1.165, 1.54) is 6.42 Å². The summed E-state index contributed by atoms with van der Waals surface area (Å²) in [6.07, 6.45) is 2.78. The zero-order valence-corrected chi connectivity index (χ0v) is 17.8. The molecule has 0 spiro atoms. The smallest absolute Gasteiger partial charge is 0.222 e. The summed E-state index contributed by atoms with van der Waals surface area (Å²) < 4.78 is 11.5. The van der Waals surface area contributed by atoms with E-state index in [0.29, 0.717) is 32.1 Å². The molecule has 2 aromatic rings. The van der Waals surface area contributed by atoms with Crippen molar-refractivity contribution in [2.45, 2.75) is 25.9 Å². The fourth-order valence-electron chi connectivity index (χ4n) is 3.28. The first-order chi connectivity index (χ1) is 13.7. The van der Waals surface area contributed by atoms with Gasteiger partial charge in [0.05, 0.1) is 6.54 Å². The molecule has 0 aliphatic carbocycles. The van der Waals surface area contributed by atoms with Crippen LogP contribution in [0.25, 0.3) is 0 Å². The summed E-state index contributed by atoms with van der Waals surface area (Å²) in [6, 6.07) is 17.7.